The molecule has 1 N–H and O–H groups in total. The van der Waals surface area contributed by atoms with Gasteiger partial charge in [0.1, 0.15) is 0 Å². The predicted octanol–water partition coefficient (Wildman–Crippen LogP) is 2.30. The van der Waals surface area contributed by atoms with Gasteiger partial charge in [-0.3, -0.25) is 4.98 Å². The Morgan fingerprint density at radius 3 is 2.42 bits per heavy atom. The van der Waals surface area contributed by atoms with Gasteiger partial charge in [0.2, 0.25) is 0 Å². The molecule has 0 aliphatic carbocycles. The number of ether oxygens (including phenoxy) is 2. The van der Waals surface area contributed by atoms with Crippen LogP contribution < -0.4 is 9.47 Å². The van der Waals surface area contributed by atoms with E-state index in [2.05, 4.69) is 4.98 Å². The van der Waals surface area contributed by atoms with Gasteiger partial charge in [-0.05, 0) is 36.2 Å². The van der Waals surface area contributed by atoms with E-state index >= 15 is 0 Å². The van der Waals surface area contributed by atoms with Crippen LogP contribution in [0.5, 0.6) is 11.5 Å². The van der Waals surface area contributed by atoms with Gasteiger partial charge in [0.25, 0.3) is 0 Å². The second kappa shape index (κ2) is 6.20. The average Bonchev–Trinajstić information content (AvgIpc) is 2.47. The quantitative estimate of drug-likeness (QED) is 0.895. The molecule has 0 aliphatic rings. The van der Waals surface area contributed by atoms with Crippen molar-refractivity contribution < 1.29 is 14.6 Å². The molecule has 0 fully saturated rings. The van der Waals surface area contributed by atoms with Crippen LogP contribution in [0.3, 0.4) is 0 Å². The van der Waals surface area contributed by atoms with Crippen LogP contribution in [0.4, 0.5) is 0 Å². The van der Waals surface area contributed by atoms with E-state index < -0.39 is 0 Å². The molecule has 4 nitrogen and oxygen atoms in total. The van der Waals surface area contributed by atoms with Gasteiger partial charge in [-0.1, -0.05) is 6.07 Å². The molecular formula is C15H17NO3. The van der Waals surface area contributed by atoms with Crippen molar-refractivity contribution in [3.8, 4) is 22.8 Å². The van der Waals surface area contributed by atoms with Gasteiger partial charge in [-0.15, -0.1) is 0 Å². The predicted molar refractivity (Wildman–Crippen MR) is 73.6 cm³/mol. The maximum absolute atomic E-state index is 8.87. The monoisotopic (exact) mass is 259 g/mol. The zero-order valence-corrected chi connectivity index (χ0v) is 11.1. The number of aliphatic hydroxyl groups excluding tert-OH is 1. The third-order valence-electron chi connectivity index (χ3n) is 2.90. The van der Waals surface area contributed by atoms with Crippen LogP contribution in [0.1, 0.15) is 5.56 Å². The zero-order chi connectivity index (χ0) is 13.7. The number of nitrogens with zero attached hydrogens (tertiary/aromatic N) is 1. The van der Waals surface area contributed by atoms with Crippen LogP contribution in [-0.2, 0) is 6.42 Å². The summed E-state index contributed by atoms with van der Waals surface area (Å²) in [5.74, 6) is 1.38. The van der Waals surface area contributed by atoms with Gasteiger partial charge in [0, 0.05) is 18.4 Å². The van der Waals surface area contributed by atoms with E-state index in [1.165, 1.54) is 0 Å². The van der Waals surface area contributed by atoms with E-state index in [1.54, 1.807) is 20.4 Å². The maximum atomic E-state index is 8.87. The molecule has 0 saturated heterocycles. The topological polar surface area (TPSA) is 51.6 Å². The van der Waals surface area contributed by atoms with E-state index in [1.807, 2.05) is 30.3 Å². The molecule has 2 rings (SSSR count). The number of hydrogen-bond donors (Lipinski definition) is 1. The molecule has 0 radical (unpaired) electrons. The Morgan fingerprint density at radius 2 is 1.84 bits per heavy atom. The second-order valence-electron chi connectivity index (χ2n) is 4.10. The zero-order valence-electron chi connectivity index (χ0n) is 11.1. The Bertz CT molecular complexity index is 538. The number of methoxy groups -OCH3 is 2. The average molecular weight is 259 g/mol. The molecule has 1 heterocycles. The molecule has 4 heteroatoms. The molecule has 0 saturated carbocycles. The summed E-state index contributed by atoms with van der Waals surface area (Å²) in [5.41, 5.74) is 2.85. The third-order valence-corrected chi connectivity index (χ3v) is 2.90. The van der Waals surface area contributed by atoms with Crippen molar-refractivity contribution in [1.82, 2.24) is 4.98 Å². The molecule has 19 heavy (non-hydrogen) atoms. The van der Waals surface area contributed by atoms with Gasteiger partial charge in [0.05, 0.1) is 19.9 Å². The number of hydrogen-bond acceptors (Lipinski definition) is 4. The fraction of sp³-hybridized carbons (Fsp3) is 0.267. The van der Waals surface area contributed by atoms with Gasteiger partial charge in [-0.2, -0.15) is 0 Å². The van der Waals surface area contributed by atoms with Crippen LogP contribution >= 0.6 is 0 Å². The standard InChI is InChI=1S/C15H17NO3/c1-18-14-6-4-12(9-15(14)19-2)13-5-3-11(7-8-17)10-16-13/h3-6,9-10,17H,7-8H2,1-2H3. The first kappa shape index (κ1) is 13.4. The Morgan fingerprint density at radius 1 is 1.05 bits per heavy atom. The van der Waals surface area contributed by atoms with Gasteiger partial charge in [0.15, 0.2) is 11.5 Å². The van der Waals surface area contributed by atoms with Crippen molar-refractivity contribution in [2.24, 2.45) is 0 Å². The molecule has 1 aromatic carbocycles. The second-order valence-corrected chi connectivity index (χ2v) is 4.10. The third kappa shape index (κ3) is 3.03. The van der Waals surface area contributed by atoms with E-state index in [0.717, 1.165) is 16.8 Å². The lowest BCUT2D eigenvalue weighted by atomic mass is 10.1. The number of benzene rings is 1. The van der Waals surface area contributed by atoms with Crippen molar-refractivity contribution in [3.63, 3.8) is 0 Å². The fourth-order valence-corrected chi connectivity index (χ4v) is 1.87. The van der Waals surface area contributed by atoms with Crippen molar-refractivity contribution in [3.05, 3.63) is 42.1 Å². The highest BCUT2D eigenvalue weighted by molar-refractivity contribution is 5.64. The summed E-state index contributed by atoms with van der Waals surface area (Å²) in [6.07, 6.45) is 2.40. The number of aliphatic hydroxyl groups is 1. The van der Waals surface area contributed by atoms with Crippen LogP contribution in [0.25, 0.3) is 11.3 Å². The molecule has 1 aromatic heterocycles. The minimum atomic E-state index is 0.136. The van der Waals surface area contributed by atoms with E-state index in [9.17, 15) is 0 Å². The highest BCUT2D eigenvalue weighted by Crippen LogP contribution is 2.31. The number of rotatable bonds is 5. The van der Waals surface area contributed by atoms with Crippen LogP contribution in [0.2, 0.25) is 0 Å². The highest BCUT2D eigenvalue weighted by Gasteiger charge is 2.07. The first-order chi connectivity index (χ1) is 9.28. The van der Waals surface area contributed by atoms with Crippen LogP contribution in [0, 0.1) is 0 Å². The smallest absolute Gasteiger partial charge is 0.161 e. The molecule has 0 atom stereocenters. The summed E-state index contributed by atoms with van der Waals surface area (Å²) in [6.45, 7) is 0.136. The lowest BCUT2D eigenvalue weighted by molar-refractivity contribution is 0.299. The van der Waals surface area contributed by atoms with Gasteiger partial charge in [-0.25, -0.2) is 0 Å². The SMILES string of the molecule is COc1ccc(-c2ccc(CCO)cn2)cc1OC. The Hall–Kier alpha value is -2.07. The first-order valence-corrected chi connectivity index (χ1v) is 6.06. The summed E-state index contributed by atoms with van der Waals surface area (Å²) in [4.78, 5) is 4.39. The van der Waals surface area contributed by atoms with Crippen molar-refractivity contribution in [2.75, 3.05) is 20.8 Å². The highest BCUT2D eigenvalue weighted by atomic mass is 16.5. The molecule has 0 amide bonds. The van der Waals surface area contributed by atoms with Crippen molar-refractivity contribution in [1.29, 1.82) is 0 Å². The summed E-state index contributed by atoms with van der Waals surface area (Å²) in [5, 5.41) is 8.87. The van der Waals surface area contributed by atoms with Gasteiger partial charge >= 0.3 is 0 Å². The summed E-state index contributed by atoms with van der Waals surface area (Å²) >= 11 is 0. The molecule has 0 unspecified atom stereocenters. The van der Waals surface area contributed by atoms with Crippen LogP contribution in [-0.4, -0.2) is 30.9 Å². The van der Waals surface area contributed by atoms with Crippen molar-refractivity contribution in [2.45, 2.75) is 6.42 Å². The molecule has 0 aliphatic heterocycles. The molecule has 0 spiro atoms. The summed E-state index contributed by atoms with van der Waals surface area (Å²) < 4.78 is 10.5. The molecule has 100 valence electrons. The fourth-order valence-electron chi connectivity index (χ4n) is 1.87. The van der Waals surface area contributed by atoms with E-state index in [-0.39, 0.29) is 6.61 Å². The lowest BCUT2D eigenvalue weighted by Crippen LogP contribution is -1.94. The maximum Gasteiger partial charge on any atom is 0.161 e. The van der Waals surface area contributed by atoms with Crippen LogP contribution in [0.15, 0.2) is 36.5 Å². The minimum Gasteiger partial charge on any atom is -0.493 e. The van der Waals surface area contributed by atoms with E-state index in [4.69, 9.17) is 14.6 Å². The minimum absolute atomic E-state index is 0.136. The Balaban J connectivity index is 2.30. The number of pyridine rings is 1. The Labute approximate surface area is 112 Å². The largest absolute Gasteiger partial charge is 0.493 e. The van der Waals surface area contributed by atoms with Gasteiger partial charge < -0.3 is 14.6 Å². The molecule has 2 aromatic rings. The first-order valence-electron chi connectivity index (χ1n) is 6.06. The molecule has 0 bridgehead atoms. The molecular weight excluding hydrogens is 242 g/mol. The van der Waals surface area contributed by atoms with Crippen molar-refractivity contribution >= 4 is 0 Å². The normalized spacial score (nSPS) is 10.3. The van der Waals surface area contributed by atoms with E-state index in [0.29, 0.717) is 17.9 Å². The lowest BCUT2D eigenvalue weighted by Gasteiger charge is -2.09. The Kier molecular flexibility index (Phi) is 4.36. The number of aromatic nitrogens is 1. The summed E-state index contributed by atoms with van der Waals surface area (Å²) in [6, 6.07) is 9.60. The summed E-state index contributed by atoms with van der Waals surface area (Å²) in [7, 11) is 3.22.